The Morgan fingerprint density at radius 3 is 3.00 bits per heavy atom. The normalized spacial score (nSPS) is 19.0. The van der Waals surface area contributed by atoms with E-state index in [1.807, 2.05) is 14.0 Å². The summed E-state index contributed by atoms with van der Waals surface area (Å²) in [5.74, 6) is 0.718. The lowest BCUT2D eigenvalue weighted by Crippen LogP contribution is -2.24. The predicted octanol–water partition coefficient (Wildman–Crippen LogP) is 1.32. The summed E-state index contributed by atoms with van der Waals surface area (Å²) in [6.07, 6.45) is 3.15. The molecule has 2 N–H and O–H groups in total. The van der Waals surface area contributed by atoms with Crippen molar-refractivity contribution in [1.29, 1.82) is 0 Å². The van der Waals surface area contributed by atoms with Gasteiger partial charge in [0.15, 0.2) is 0 Å². The molecule has 1 aliphatic rings. The number of hydrogen-bond acceptors (Lipinski definition) is 7. The molecule has 1 fully saturated rings. The number of nitrogens with one attached hydrogen (secondary N) is 2. The molecule has 8 heteroatoms. The molecule has 0 bridgehead atoms. The van der Waals surface area contributed by atoms with E-state index in [1.54, 1.807) is 0 Å². The van der Waals surface area contributed by atoms with Crippen LogP contribution in [0.1, 0.15) is 19.8 Å². The summed E-state index contributed by atoms with van der Waals surface area (Å²) >= 11 is 0. The van der Waals surface area contributed by atoms with Crippen molar-refractivity contribution >= 4 is 17.5 Å². The lowest BCUT2D eigenvalue weighted by Gasteiger charge is -2.14. The molecule has 0 amide bonds. The fraction of sp³-hybridized carbons (Fsp3) is 0.667. The Morgan fingerprint density at radius 2 is 2.40 bits per heavy atom. The highest BCUT2D eigenvalue weighted by atomic mass is 16.6. The van der Waals surface area contributed by atoms with Gasteiger partial charge in [-0.25, -0.2) is 4.98 Å². The van der Waals surface area contributed by atoms with Gasteiger partial charge < -0.3 is 15.5 Å². The van der Waals surface area contributed by atoms with Crippen LogP contribution in [0.25, 0.3) is 0 Å². The molecule has 1 aromatic heterocycles. The maximum atomic E-state index is 11.0. The van der Waals surface area contributed by atoms with Crippen LogP contribution in [0.4, 0.5) is 17.5 Å². The minimum Gasteiger partial charge on any atom is -0.360 e. The summed E-state index contributed by atoms with van der Waals surface area (Å²) < 4.78 is 0. The van der Waals surface area contributed by atoms with E-state index in [1.165, 1.54) is 6.20 Å². The van der Waals surface area contributed by atoms with E-state index in [2.05, 4.69) is 25.5 Å². The SMILES string of the molecule is CCCNc1ncc([N+](=O)[O-])c(NC2CCN(C)C2)n1. The Bertz CT molecular complexity index is 481. The Labute approximate surface area is 117 Å². The van der Waals surface area contributed by atoms with Crippen LogP contribution in [-0.2, 0) is 0 Å². The molecular formula is C12H20N6O2. The molecular weight excluding hydrogens is 260 g/mol. The molecule has 1 aliphatic heterocycles. The molecule has 1 aromatic rings. The third kappa shape index (κ3) is 3.53. The van der Waals surface area contributed by atoms with Crippen molar-refractivity contribution in [3.63, 3.8) is 0 Å². The zero-order valence-corrected chi connectivity index (χ0v) is 11.8. The van der Waals surface area contributed by atoms with Crippen LogP contribution in [0.15, 0.2) is 6.20 Å². The Morgan fingerprint density at radius 1 is 1.60 bits per heavy atom. The topological polar surface area (TPSA) is 96.2 Å². The average molecular weight is 280 g/mol. The molecule has 8 nitrogen and oxygen atoms in total. The molecule has 2 heterocycles. The number of likely N-dealkylation sites (tertiary alicyclic amines) is 1. The van der Waals surface area contributed by atoms with Gasteiger partial charge in [-0.3, -0.25) is 10.1 Å². The summed E-state index contributed by atoms with van der Waals surface area (Å²) in [6, 6.07) is 0.188. The van der Waals surface area contributed by atoms with Gasteiger partial charge in [-0.15, -0.1) is 0 Å². The standard InChI is InChI=1S/C12H20N6O2/c1-3-5-13-12-14-7-10(18(19)20)11(16-12)15-9-4-6-17(2)8-9/h7,9H,3-6,8H2,1-2H3,(H2,13,14,15,16). The molecule has 0 aliphatic carbocycles. The second-order valence-corrected chi connectivity index (χ2v) is 5.00. The molecule has 110 valence electrons. The summed E-state index contributed by atoms with van der Waals surface area (Å²) in [5.41, 5.74) is -0.0819. The molecule has 0 spiro atoms. The van der Waals surface area contributed by atoms with Crippen LogP contribution in [0.5, 0.6) is 0 Å². The molecule has 1 atom stereocenters. The zero-order chi connectivity index (χ0) is 14.5. The number of hydrogen-bond donors (Lipinski definition) is 2. The monoisotopic (exact) mass is 280 g/mol. The van der Waals surface area contributed by atoms with E-state index in [0.29, 0.717) is 11.8 Å². The Kier molecular flexibility index (Phi) is 4.67. The van der Waals surface area contributed by atoms with Gasteiger partial charge in [0.25, 0.3) is 0 Å². The number of likely N-dealkylation sites (N-methyl/N-ethyl adjacent to an activating group) is 1. The Hall–Kier alpha value is -1.96. The number of rotatable bonds is 6. The summed E-state index contributed by atoms with van der Waals surface area (Å²) in [6.45, 7) is 4.62. The molecule has 0 radical (unpaired) electrons. The number of aromatic nitrogens is 2. The van der Waals surface area contributed by atoms with Crippen LogP contribution in [0.3, 0.4) is 0 Å². The fourth-order valence-corrected chi connectivity index (χ4v) is 2.18. The third-order valence-electron chi connectivity index (χ3n) is 3.23. The van der Waals surface area contributed by atoms with Crippen molar-refractivity contribution in [2.75, 3.05) is 37.3 Å². The van der Waals surface area contributed by atoms with E-state index in [0.717, 1.165) is 32.5 Å². The third-order valence-corrected chi connectivity index (χ3v) is 3.23. The lowest BCUT2D eigenvalue weighted by molar-refractivity contribution is -0.384. The van der Waals surface area contributed by atoms with E-state index in [4.69, 9.17) is 0 Å². The van der Waals surface area contributed by atoms with Crippen LogP contribution in [0.2, 0.25) is 0 Å². The maximum Gasteiger partial charge on any atom is 0.329 e. The molecule has 1 saturated heterocycles. The minimum absolute atomic E-state index is 0.0819. The van der Waals surface area contributed by atoms with E-state index in [9.17, 15) is 10.1 Å². The van der Waals surface area contributed by atoms with E-state index in [-0.39, 0.29) is 11.7 Å². The van der Waals surface area contributed by atoms with Gasteiger partial charge in [0, 0.05) is 19.1 Å². The summed E-state index contributed by atoms with van der Waals surface area (Å²) in [5, 5.41) is 17.2. The van der Waals surface area contributed by atoms with Crippen molar-refractivity contribution < 1.29 is 4.92 Å². The van der Waals surface area contributed by atoms with Crippen LogP contribution >= 0.6 is 0 Å². The van der Waals surface area contributed by atoms with Crippen molar-refractivity contribution in [2.24, 2.45) is 0 Å². The maximum absolute atomic E-state index is 11.0. The molecule has 0 saturated carbocycles. The summed E-state index contributed by atoms with van der Waals surface area (Å²) in [4.78, 5) is 21.0. The average Bonchev–Trinajstić information content (AvgIpc) is 2.81. The number of nitro groups is 1. The first kappa shape index (κ1) is 14.4. The molecule has 20 heavy (non-hydrogen) atoms. The van der Waals surface area contributed by atoms with Gasteiger partial charge in [-0.2, -0.15) is 4.98 Å². The van der Waals surface area contributed by atoms with Gasteiger partial charge in [0.2, 0.25) is 11.8 Å². The first-order valence-electron chi connectivity index (χ1n) is 6.80. The van der Waals surface area contributed by atoms with Gasteiger partial charge in [-0.1, -0.05) is 6.92 Å². The highest BCUT2D eigenvalue weighted by molar-refractivity contribution is 5.57. The van der Waals surface area contributed by atoms with Crippen molar-refractivity contribution in [3.8, 4) is 0 Å². The number of anilines is 2. The van der Waals surface area contributed by atoms with Crippen molar-refractivity contribution in [2.45, 2.75) is 25.8 Å². The second-order valence-electron chi connectivity index (χ2n) is 5.00. The predicted molar refractivity (Wildman–Crippen MR) is 77.0 cm³/mol. The van der Waals surface area contributed by atoms with Gasteiger partial charge in [0.05, 0.1) is 4.92 Å². The number of nitrogens with zero attached hydrogens (tertiary/aromatic N) is 4. The highest BCUT2D eigenvalue weighted by Gasteiger charge is 2.24. The summed E-state index contributed by atoms with van der Waals surface area (Å²) in [7, 11) is 2.03. The van der Waals surface area contributed by atoms with Crippen molar-refractivity contribution in [3.05, 3.63) is 16.3 Å². The smallest absolute Gasteiger partial charge is 0.329 e. The van der Waals surface area contributed by atoms with E-state index >= 15 is 0 Å². The quantitative estimate of drug-likeness (QED) is 0.599. The molecule has 0 aromatic carbocycles. The molecule has 2 rings (SSSR count). The highest BCUT2D eigenvalue weighted by Crippen LogP contribution is 2.24. The van der Waals surface area contributed by atoms with Gasteiger partial charge >= 0.3 is 5.69 Å². The van der Waals surface area contributed by atoms with Crippen molar-refractivity contribution in [1.82, 2.24) is 14.9 Å². The van der Waals surface area contributed by atoms with Crippen LogP contribution in [-0.4, -0.2) is 52.5 Å². The lowest BCUT2D eigenvalue weighted by atomic mass is 10.2. The first-order chi connectivity index (χ1) is 9.60. The van der Waals surface area contributed by atoms with Gasteiger partial charge in [-0.05, 0) is 26.4 Å². The molecule has 1 unspecified atom stereocenters. The second kappa shape index (κ2) is 6.47. The fourth-order valence-electron chi connectivity index (χ4n) is 2.18. The Balaban J connectivity index is 2.15. The largest absolute Gasteiger partial charge is 0.360 e. The van der Waals surface area contributed by atoms with Crippen LogP contribution in [0, 0.1) is 10.1 Å². The van der Waals surface area contributed by atoms with Gasteiger partial charge in [0.1, 0.15) is 6.20 Å². The minimum atomic E-state index is -0.454. The zero-order valence-electron chi connectivity index (χ0n) is 11.8. The van der Waals surface area contributed by atoms with E-state index < -0.39 is 4.92 Å². The first-order valence-corrected chi connectivity index (χ1v) is 6.80. The van der Waals surface area contributed by atoms with Crippen LogP contribution < -0.4 is 10.6 Å².